The van der Waals surface area contributed by atoms with Crippen molar-refractivity contribution in [2.75, 3.05) is 0 Å². The lowest BCUT2D eigenvalue weighted by Crippen LogP contribution is -1.99. The molecule has 0 amide bonds. The van der Waals surface area contributed by atoms with Gasteiger partial charge in [0.05, 0.1) is 11.8 Å². The molecule has 0 saturated heterocycles. The molecule has 0 bridgehead atoms. The molecule has 1 saturated carbocycles. The second kappa shape index (κ2) is 6.80. The number of imidazole rings is 1. The van der Waals surface area contributed by atoms with E-state index in [-0.39, 0.29) is 5.75 Å². The van der Waals surface area contributed by atoms with Gasteiger partial charge in [0, 0.05) is 24.7 Å². The maximum Gasteiger partial charge on any atom is 0.187 e. The Hall–Kier alpha value is -3.09. The van der Waals surface area contributed by atoms with Crippen LogP contribution in [0.2, 0.25) is 0 Å². The van der Waals surface area contributed by atoms with Crippen LogP contribution in [0.15, 0.2) is 42.8 Å². The van der Waals surface area contributed by atoms with Crippen molar-refractivity contribution in [3.05, 3.63) is 48.4 Å². The maximum absolute atomic E-state index is 10.3. The molecule has 0 aromatic carbocycles. The van der Waals surface area contributed by atoms with Crippen LogP contribution in [0.25, 0.3) is 23.3 Å². The minimum atomic E-state index is 0.0545. The summed E-state index contributed by atoms with van der Waals surface area (Å²) in [5.41, 5.74) is 2.61. The van der Waals surface area contributed by atoms with Crippen molar-refractivity contribution >= 4 is 6.08 Å². The van der Waals surface area contributed by atoms with Crippen molar-refractivity contribution in [3.8, 4) is 23.0 Å². The van der Waals surface area contributed by atoms with Crippen LogP contribution >= 0.6 is 0 Å². The van der Waals surface area contributed by atoms with Gasteiger partial charge in [-0.25, -0.2) is 15.0 Å². The number of pyridine rings is 1. The zero-order chi connectivity index (χ0) is 17.1. The van der Waals surface area contributed by atoms with Crippen LogP contribution in [-0.2, 0) is 0 Å². The average Bonchev–Trinajstić information content (AvgIpc) is 3.18. The van der Waals surface area contributed by atoms with E-state index in [0.717, 1.165) is 18.5 Å². The molecular weight excluding hydrogens is 316 g/mol. The summed E-state index contributed by atoms with van der Waals surface area (Å²) in [6.45, 7) is 0. The summed E-state index contributed by atoms with van der Waals surface area (Å²) in [5.74, 6) is 0.984. The van der Waals surface area contributed by atoms with Crippen molar-refractivity contribution < 1.29 is 5.11 Å². The molecule has 1 fully saturated rings. The number of aromatic nitrogens is 6. The van der Waals surface area contributed by atoms with E-state index in [9.17, 15) is 5.11 Å². The summed E-state index contributed by atoms with van der Waals surface area (Å²) in [6.07, 6.45) is 16.4. The molecule has 1 N–H and O–H groups in total. The summed E-state index contributed by atoms with van der Waals surface area (Å²) >= 11 is 0. The minimum absolute atomic E-state index is 0.0545. The van der Waals surface area contributed by atoms with Crippen molar-refractivity contribution in [2.24, 2.45) is 0 Å². The second-order valence-corrected chi connectivity index (χ2v) is 6.10. The Labute approximate surface area is 145 Å². The van der Waals surface area contributed by atoms with E-state index in [1.54, 1.807) is 41.7 Å². The molecular formula is C18H18N6O. The summed E-state index contributed by atoms with van der Waals surface area (Å²) in [7, 11) is 0. The van der Waals surface area contributed by atoms with Gasteiger partial charge in [-0.3, -0.25) is 4.57 Å². The monoisotopic (exact) mass is 334 g/mol. The van der Waals surface area contributed by atoms with Gasteiger partial charge < -0.3 is 5.11 Å². The molecule has 0 unspecified atom stereocenters. The topological polar surface area (TPSA) is 89.6 Å². The standard InChI is InChI=1S/C18H18N6O/c25-16-9-17(24-7-6-19-12-24)20-11-15(16)18-21-10-14(22-23-18)8-13-4-2-1-3-5-13/h6-12H,1-5H2,(H,20,25). The van der Waals surface area contributed by atoms with E-state index in [2.05, 4.69) is 31.2 Å². The fourth-order valence-electron chi connectivity index (χ4n) is 2.98. The van der Waals surface area contributed by atoms with Gasteiger partial charge in [0.1, 0.15) is 23.6 Å². The highest BCUT2D eigenvalue weighted by atomic mass is 16.3. The molecule has 1 aliphatic carbocycles. The predicted octanol–water partition coefficient (Wildman–Crippen LogP) is 3.17. The summed E-state index contributed by atoms with van der Waals surface area (Å²) in [5, 5.41) is 18.6. The van der Waals surface area contributed by atoms with Gasteiger partial charge in [-0.1, -0.05) is 12.0 Å². The highest BCUT2D eigenvalue weighted by molar-refractivity contribution is 5.63. The molecule has 0 spiro atoms. The van der Waals surface area contributed by atoms with Crippen molar-refractivity contribution in [2.45, 2.75) is 32.1 Å². The fourth-order valence-corrected chi connectivity index (χ4v) is 2.98. The first kappa shape index (κ1) is 15.4. The van der Waals surface area contributed by atoms with Gasteiger partial charge in [0.2, 0.25) is 0 Å². The molecule has 4 rings (SSSR count). The molecule has 0 aliphatic heterocycles. The van der Waals surface area contributed by atoms with E-state index in [1.807, 2.05) is 0 Å². The number of nitrogens with zero attached hydrogens (tertiary/aromatic N) is 6. The van der Waals surface area contributed by atoms with Gasteiger partial charge in [0.15, 0.2) is 5.82 Å². The zero-order valence-electron chi connectivity index (χ0n) is 13.7. The van der Waals surface area contributed by atoms with Crippen LogP contribution in [0.1, 0.15) is 37.8 Å². The first-order chi connectivity index (χ1) is 12.3. The quantitative estimate of drug-likeness (QED) is 0.791. The van der Waals surface area contributed by atoms with Crippen molar-refractivity contribution in [1.29, 1.82) is 0 Å². The van der Waals surface area contributed by atoms with Crippen LogP contribution in [0.3, 0.4) is 0 Å². The van der Waals surface area contributed by atoms with Gasteiger partial charge in [0.25, 0.3) is 0 Å². The number of aromatic hydroxyl groups is 1. The molecule has 7 heteroatoms. The van der Waals surface area contributed by atoms with E-state index in [0.29, 0.717) is 17.2 Å². The summed E-state index contributed by atoms with van der Waals surface area (Å²) in [4.78, 5) is 12.6. The van der Waals surface area contributed by atoms with E-state index in [1.165, 1.54) is 24.8 Å². The Bertz CT molecular complexity index is 878. The molecule has 126 valence electrons. The Morgan fingerprint density at radius 1 is 1.04 bits per heavy atom. The fraction of sp³-hybridized carbons (Fsp3) is 0.278. The third-order valence-corrected chi connectivity index (χ3v) is 4.30. The van der Waals surface area contributed by atoms with Crippen molar-refractivity contribution in [1.82, 2.24) is 29.7 Å². The Balaban J connectivity index is 1.57. The Morgan fingerprint density at radius 2 is 1.92 bits per heavy atom. The van der Waals surface area contributed by atoms with Gasteiger partial charge in [-0.05, 0) is 31.8 Å². The van der Waals surface area contributed by atoms with Gasteiger partial charge in [-0.2, -0.15) is 0 Å². The Morgan fingerprint density at radius 3 is 2.60 bits per heavy atom. The van der Waals surface area contributed by atoms with E-state index in [4.69, 9.17) is 0 Å². The summed E-state index contributed by atoms with van der Waals surface area (Å²) < 4.78 is 1.71. The smallest absolute Gasteiger partial charge is 0.187 e. The molecule has 1 aliphatic rings. The molecule has 3 heterocycles. The van der Waals surface area contributed by atoms with Crippen LogP contribution in [0, 0.1) is 0 Å². The van der Waals surface area contributed by atoms with Crippen LogP contribution in [0.5, 0.6) is 5.75 Å². The number of hydrogen-bond acceptors (Lipinski definition) is 6. The largest absolute Gasteiger partial charge is 0.507 e. The van der Waals surface area contributed by atoms with Gasteiger partial charge in [-0.15, -0.1) is 10.2 Å². The lowest BCUT2D eigenvalue weighted by Gasteiger charge is -2.12. The molecule has 0 atom stereocenters. The molecule has 0 radical (unpaired) electrons. The first-order valence-corrected chi connectivity index (χ1v) is 8.36. The lowest BCUT2D eigenvalue weighted by atomic mass is 9.94. The number of rotatable bonds is 3. The molecule has 3 aromatic rings. The van der Waals surface area contributed by atoms with Crippen LogP contribution in [-0.4, -0.2) is 34.8 Å². The van der Waals surface area contributed by atoms with Crippen molar-refractivity contribution in [3.63, 3.8) is 0 Å². The average molecular weight is 334 g/mol. The maximum atomic E-state index is 10.3. The van der Waals surface area contributed by atoms with E-state index >= 15 is 0 Å². The highest BCUT2D eigenvalue weighted by Gasteiger charge is 2.11. The second-order valence-electron chi connectivity index (χ2n) is 6.10. The SMILES string of the molecule is Oc1cc(-n2ccnc2)ncc1-c1ncc(C=C2CCCCC2)nn1. The molecule has 7 nitrogen and oxygen atoms in total. The van der Waals surface area contributed by atoms with E-state index < -0.39 is 0 Å². The van der Waals surface area contributed by atoms with Crippen LogP contribution < -0.4 is 0 Å². The van der Waals surface area contributed by atoms with Gasteiger partial charge >= 0.3 is 0 Å². The normalized spacial score (nSPS) is 14.5. The number of allylic oxidation sites excluding steroid dienone is 1. The first-order valence-electron chi connectivity index (χ1n) is 8.36. The third-order valence-electron chi connectivity index (χ3n) is 4.30. The summed E-state index contributed by atoms with van der Waals surface area (Å²) in [6, 6.07) is 1.55. The zero-order valence-corrected chi connectivity index (χ0v) is 13.7. The predicted molar refractivity (Wildman–Crippen MR) is 92.9 cm³/mol. The number of hydrogen-bond donors (Lipinski definition) is 1. The third kappa shape index (κ3) is 3.40. The van der Waals surface area contributed by atoms with Crippen LogP contribution in [0.4, 0.5) is 0 Å². The minimum Gasteiger partial charge on any atom is -0.507 e. The highest BCUT2D eigenvalue weighted by Crippen LogP contribution is 2.27. The lowest BCUT2D eigenvalue weighted by molar-refractivity contribution is 0.475. The molecule has 3 aromatic heterocycles. The molecule has 25 heavy (non-hydrogen) atoms. The Kier molecular flexibility index (Phi) is 4.20.